The molecule has 2 rings (SSSR count). The van der Waals surface area contributed by atoms with E-state index in [4.69, 9.17) is 4.74 Å². The molecule has 6 heteroatoms. The van der Waals surface area contributed by atoms with Crippen molar-refractivity contribution in [3.63, 3.8) is 0 Å². The molecular formula is C16H17N3O3. The monoisotopic (exact) mass is 299 g/mol. The number of methoxy groups -OCH3 is 1. The average molecular weight is 299 g/mol. The number of nitrogens with zero attached hydrogens (tertiary/aromatic N) is 1. The Morgan fingerprint density at radius 1 is 1.27 bits per heavy atom. The van der Waals surface area contributed by atoms with Crippen molar-refractivity contribution in [1.29, 1.82) is 0 Å². The summed E-state index contributed by atoms with van der Waals surface area (Å²) in [5.41, 5.74) is 4.75. The van der Waals surface area contributed by atoms with Crippen LogP contribution in [0, 0.1) is 6.92 Å². The number of nitrogens with one attached hydrogen (secondary N) is 2. The van der Waals surface area contributed by atoms with Crippen LogP contribution in [0.15, 0.2) is 47.6 Å². The molecule has 0 bridgehead atoms. The van der Waals surface area contributed by atoms with Crippen molar-refractivity contribution >= 4 is 17.9 Å². The maximum absolute atomic E-state index is 11.7. The molecule has 0 aliphatic rings. The number of urea groups is 1. The second kappa shape index (κ2) is 7.12. The Labute approximate surface area is 128 Å². The van der Waals surface area contributed by atoms with Gasteiger partial charge in [0.2, 0.25) is 0 Å². The van der Waals surface area contributed by atoms with E-state index >= 15 is 0 Å². The summed E-state index contributed by atoms with van der Waals surface area (Å²) in [7, 11) is 1.46. The van der Waals surface area contributed by atoms with Crippen molar-refractivity contribution in [3.8, 4) is 11.5 Å². The van der Waals surface area contributed by atoms with Crippen LogP contribution in [0.25, 0.3) is 0 Å². The number of aromatic hydroxyl groups is 1. The van der Waals surface area contributed by atoms with Crippen LogP contribution in [0.3, 0.4) is 0 Å². The Hall–Kier alpha value is -3.02. The number of hydrogen-bond donors (Lipinski definition) is 3. The second-order valence-corrected chi connectivity index (χ2v) is 4.57. The number of amides is 2. The van der Waals surface area contributed by atoms with Crippen molar-refractivity contribution in [2.45, 2.75) is 6.92 Å². The first-order valence-corrected chi connectivity index (χ1v) is 6.63. The lowest BCUT2D eigenvalue weighted by Gasteiger charge is -2.07. The van der Waals surface area contributed by atoms with E-state index in [-0.39, 0.29) is 5.75 Å². The van der Waals surface area contributed by atoms with E-state index in [9.17, 15) is 9.90 Å². The minimum Gasteiger partial charge on any atom is -0.504 e. The number of aryl methyl sites for hydroxylation is 1. The third-order valence-corrected chi connectivity index (χ3v) is 2.98. The topological polar surface area (TPSA) is 83.0 Å². The van der Waals surface area contributed by atoms with E-state index in [0.29, 0.717) is 11.3 Å². The fourth-order valence-corrected chi connectivity index (χ4v) is 1.80. The predicted octanol–water partition coefficient (Wildman–Crippen LogP) is 2.86. The van der Waals surface area contributed by atoms with Gasteiger partial charge >= 0.3 is 6.03 Å². The zero-order chi connectivity index (χ0) is 15.9. The molecule has 0 aromatic heterocycles. The van der Waals surface area contributed by atoms with Crippen LogP contribution in [-0.2, 0) is 0 Å². The lowest BCUT2D eigenvalue weighted by Crippen LogP contribution is -2.24. The standard InChI is InChI=1S/C16H17N3O3/c1-11-5-3-4-6-13(11)18-16(21)19-17-10-12-7-8-14(20)15(9-12)22-2/h3-10,20H,1-2H3,(H2,18,19,21)/b17-10+. The number of rotatable bonds is 4. The Morgan fingerprint density at radius 3 is 2.77 bits per heavy atom. The maximum Gasteiger partial charge on any atom is 0.339 e. The van der Waals surface area contributed by atoms with Gasteiger partial charge in [0.25, 0.3) is 0 Å². The highest BCUT2D eigenvalue weighted by atomic mass is 16.5. The van der Waals surface area contributed by atoms with E-state index in [1.165, 1.54) is 19.4 Å². The van der Waals surface area contributed by atoms with E-state index in [0.717, 1.165) is 11.3 Å². The largest absolute Gasteiger partial charge is 0.504 e. The number of carbonyl (C=O) groups excluding carboxylic acids is 1. The number of benzene rings is 2. The van der Waals surface area contributed by atoms with Gasteiger partial charge in [-0.1, -0.05) is 18.2 Å². The minimum absolute atomic E-state index is 0.0462. The molecule has 22 heavy (non-hydrogen) atoms. The molecule has 2 aromatic carbocycles. The lowest BCUT2D eigenvalue weighted by atomic mass is 10.2. The summed E-state index contributed by atoms with van der Waals surface area (Å²) in [6, 6.07) is 11.8. The van der Waals surface area contributed by atoms with Crippen molar-refractivity contribution in [1.82, 2.24) is 5.43 Å². The van der Waals surface area contributed by atoms with Gasteiger partial charge in [0.15, 0.2) is 11.5 Å². The third-order valence-electron chi connectivity index (χ3n) is 2.98. The van der Waals surface area contributed by atoms with Crippen LogP contribution in [0.1, 0.15) is 11.1 Å². The van der Waals surface area contributed by atoms with Gasteiger partial charge in [0, 0.05) is 5.69 Å². The number of carbonyl (C=O) groups is 1. The maximum atomic E-state index is 11.7. The van der Waals surface area contributed by atoms with Crippen molar-refractivity contribution in [2.24, 2.45) is 5.10 Å². The molecule has 3 N–H and O–H groups in total. The van der Waals surface area contributed by atoms with Gasteiger partial charge in [-0.15, -0.1) is 0 Å². The van der Waals surface area contributed by atoms with Gasteiger partial charge in [-0.2, -0.15) is 5.10 Å². The molecule has 0 aliphatic carbocycles. The zero-order valence-electron chi connectivity index (χ0n) is 12.3. The molecule has 6 nitrogen and oxygen atoms in total. The summed E-state index contributed by atoms with van der Waals surface area (Å²) in [5, 5.41) is 16.0. The van der Waals surface area contributed by atoms with Crippen molar-refractivity contribution < 1.29 is 14.6 Å². The Kier molecular flexibility index (Phi) is 4.98. The van der Waals surface area contributed by atoms with Gasteiger partial charge in [0.05, 0.1) is 13.3 Å². The molecule has 0 saturated heterocycles. The first-order chi connectivity index (χ1) is 10.6. The average Bonchev–Trinajstić information content (AvgIpc) is 2.51. The van der Waals surface area contributed by atoms with Crippen LogP contribution >= 0.6 is 0 Å². The van der Waals surface area contributed by atoms with Gasteiger partial charge in [-0.25, -0.2) is 10.2 Å². The number of hydrogen-bond acceptors (Lipinski definition) is 4. The van der Waals surface area contributed by atoms with E-state index in [1.807, 2.05) is 31.2 Å². The number of para-hydroxylation sites is 1. The fraction of sp³-hybridized carbons (Fsp3) is 0.125. The molecule has 0 radical (unpaired) electrons. The summed E-state index contributed by atoms with van der Waals surface area (Å²) < 4.78 is 4.99. The molecule has 114 valence electrons. The van der Waals surface area contributed by atoms with E-state index in [1.54, 1.807) is 12.1 Å². The molecule has 0 unspecified atom stereocenters. The van der Waals surface area contributed by atoms with Gasteiger partial charge in [0.1, 0.15) is 0 Å². The molecule has 2 aromatic rings. The Bertz CT molecular complexity index is 699. The molecule has 0 aliphatic heterocycles. The number of anilines is 1. The van der Waals surface area contributed by atoms with Crippen LogP contribution < -0.4 is 15.5 Å². The number of ether oxygens (including phenoxy) is 1. The van der Waals surface area contributed by atoms with Gasteiger partial charge in [-0.3, -0.25) is 0 Å². The molecule has 0 heterocycles. The normalized spacial score (nSPS) is 10.5. The van der Waals surface area contributed by atoms with Gasteiger partial charge in [-0.05, 0) is 42.3 Å². The summed E-state index contributed by atoms with van der Waals surface area (Å²) in [4.78, 5) is 11.7. The minimum atomic E-state index is -0.434. The number of phenolic OH excluding ortho intramolecular Hbond substituents is 1. The second-order valence-electron chi connectivity index (χ2n) is 4.57. The van der Waals surface area contributed by atoms with Crippen molar-refractivity contribution in [3.05, 3.63) is 53.6 Å². The first-order valence-electron chi connectivity index (χ1n) is 6.63. The predicted molar refractivity (Wildman–Crippen MR) is 85.6 cm³/mol. The molecule has 2 amide bonds. The van der Waals surface area contributed by atoms with Crippen LogP contribution in [0.5, 0.6) is 11.5 Å². The highest BCUT2D eigenvalue weighted by molar-refractivity contribution is 5.91. The Morgan fingerprint density at radius 2 is 2.05 bits per heavy atom. The van der Waals surface area contributed by atoms with Gasteiger partial charge < -0.3 is 15.2 Å². The summed E-state index contributed by atoms with van der Waals surface area (Å²) in [6.45, 7) is 1.90. The molecule has 0 fully saturated rings. The lowest BCUT2D eigenvalue weighted by molar-refractivity contribution is 0.252. The van der Waals surface area contributed by atoms with Crippen LogP contribution in [0.2, 0.25) is 0 Å². The highest BCUT2D eigenvalue weighted by Gasteiger charge is 2.03. The molecule has 0 spiro atoms. The smallest absolute Gasteiger partial charge is 0.339 e. The Balaban J connectivity index is 1.95. The molecular weight excluding hydrogens is 282 g/mol. The highest BCUT2D eigenvalue weighted by Crippen LogP contribution is 2.25. The van der Waals surface area contributed by atoms with Crippen LogP contribution in [0.4, 0.5) is 10.5 Å². The quantitative estimate of drug-likeness (QED) is 0.599. The number of phenols is 1. The summed E-state index contributed by atoms with van der Waals surface area (Å²) in [6.07, 6.45) is 1.46. The summed E-state index contributed by atoms with van der Waals surface area (Å²) in [5.74, 6) is 0.387. The zero-order valence-corrected chi connectivity index (χ0v) is 12.3. The first kappa shape index (κ1) is 15.4. The third kappa shape index (κ3) is 3.99. The summed E-state index contributed by atoms with van der Waals surface area (Å²) >= 11 is 0. The molecule has 0 saturated carbocycles. The number of hydrazone groups is 1. The fourth-order valence-electron chi connectivity index (χ4n) is 1.80. The SMILES string of the molecule is COc1cc(/C=N/NC(=O)Nc2ccccc2C)ccc1O. The van der Waals surface area contributed by atoms with E-state index < -0.39 is 6.03 Å². The van der Waals surface area contributed by atoms with Crippen molar-refractivity contribution in [2.75, 3.05) is 12.4 Å². The van der Waals surface area contributed by atoms with Crippen LogP contribution in [-0.4, -0.2) is 24.5 Å². The molecule has 0 atom stereocenters. The van der Waals surface area contributed by atoms with E-state index in [2.05, 4.69) is 15.8 Å².